The van der Waals surface area contributed by atoms with E-state index < -0.39 is 5.95 Å². The van der Waals surface area contributed by atoms with Gasteiger partial charge >= 0.3 is 5.95 Å². The van der Waals surface area contributed by atoms with E-state index in [1.807, 2.05) is 0 Å². The molecule has 0 bridgehead atoms. The minimum atomic E-state index is -0.530. The number of amides is 1. The zero-order valence-electron chi connectivity index (χ0n) is 6.01. The van der Waals surface area contributed by atoms with Gasteiger partial charge in [-0.1, -0.05) is 0 Å². The van der Waals surface area contributed by atoms with Crippen LogP contribution in [-0.2, 0) is 14.6 Å². The summed E-state index contributed by atoms with van der Waals surface area (Å²) < 4.78 is 4.48. The molecule has 4 nitrogen and oxygen atoms in total. The first-order valence-electron chi connectivity index (χ1n) is 2.94. The molecule has 57 valence electrons. The molecule has 1 amide bonds. The summed E-state index contributed by atoms with van der Waals surface area (Å²) in [6, 6.07) is 0. The summed E-state index contributed by atoms with van der Waals surface area (Å²) in [4.78, 5) is 10.2. The third-order valence-corrected chi connectivity index (χ3v) is 0.680. The average Bonchev–Trinajstić information content (AvgIpc) is 1.85. The van der Waals surface area contributed by atoms with Gasteiger partial charge in [0.1, 0.15) is 0 Å². The molecule has 0 aromatic rings. The Morgan fingerprint density at radius 1 is 1.70 bits per heavy atom. The zero-order valence-corrected chi connectivity index (χ0v) is 6.01. The molecule has 0 aromatic carbocycles. The van der Waals surface area contributed by atoms with E-state index in [1.165, 1.54) is 6.92 Å². The van der Waals surface area contributed by atoms with E-state index >= 15 is 0 Å². The lowest BCUT2D eigenvalue weighted by Crippen LogP contribution is -2.13. The van der Waals surface area contributed by atoms with Crippen LogP contribution in [0, 0.1) is 0 Å². The molecule has 0 heterocycles. The molecule has 0 saturated heterocycles. The van der Waals surface area contributed by atoms with Gasteiger partial charge in [0.05, 0.1) is 12.8 Å². The van der Waals surface area contributed by atoms with Gasteiger partial charge in [-0.3, -0.25) is 4.79 Å². The van der Waals surface area contributed by atoms with Gasteiger partial charge in [0.2, 0.25) is 5.91 Å². The monoisotopic (exact) mass is 144 g/mol. The summed E-state index contributed by atoms with van der Waals surface area (Å²) in [5.74, 6) is -0.814. The van der Waals surface area contributed by atoms with Gasteiger partial charge in [-0.2, -0.15) is 0 Å². The standard InChI is InChI=1S/C6H10NO3/c1-3-10-6(9)4-7-5(2)8/h4H,3H2,1-2H3,(H,7,8). The van der Waals surface area contributed by atoms with Crippen LogP contribution in [-0.4, -0.2) is 12.5 Å². The molecule has 0 saturated carbocycles. The first kappa shape index (κ1) is 8.81. The van der Waals surface area contributed by atoms with Gasteiger partial charge in [-0.05, 0) is 6.92 Å². The smallest absolute Gasteiger partial charge is 0.347 e. The normalized spacial score (nSPS) is 10.8. The molecule has 0 aliphatic carbocycles. The highest BCUT2D eigenvalue weighted by Crippen LogP contribution is 1.88. The number of ether oxygens (including phenoxy) is 1. The van der Waals surface area contributed by atoms with Crippen molar-refractivity contribution in [2.24, 2.45) is 0 Å². The number of rotatable bonds is 3. The molecule has 0 spiro atoms. The maximum Gasteiger partial charge on any atom is 0.347 e. The minimum absolute atomic E-state index is 0.284. The quantitative estimate of drug-likeness (QED) is 0.582. The third-order valence-electron chi connectivity index (χ3n) is 0.680. The van der Waals surface area contributed by atoms with E-state index in [2.05, 4.69) is 10.1 Å². The van der Waals surface area contributed by atoms with Crippen LogP contribution in [0.15, 0.2) is 12.1 Å². The van der Waals surface area contributed by atoms with Crippen molar-refractivity contribution in [3.8, 4) is 0 Å². The first-order valence-corrected chi connectivity index (χ1v) is 2.94. The topological polar surface area (TPSA) is 58.2 Å². The Bertz CT molecular complexity index is 142. The molecule has 0 atom stereocenters. The number of carbonyl (C=O) groups is 1. The molecule has 0 aliphatic rings. The van der Waals surface area contributed by atoms with E-state index in [-0.39, 0.29) is 5.91 Å². The molecule has 0 rings (SSSR count). The first-order chi connectivity index (χ1) is 4.66. The van der Waals surface area contributed by atoms with Crippen molar-refractivity contribution in [3.63, 3.8) is 0 Å². The van der Waals surface area contributed by atoms with Gasteiger partial charge in [0.25, 0.3) is 0 Å². The Morgan fingerprint density at radius 2 is 2.30 bits per heavy atom. The third kappa shape index (κ3) is 4.96. The van der Waals surface area contributed by atoms with E-state index in [9.17, 15) is 9.90 Å². The molecular formula is C6H10NO3. The highest BCUT2D eigenvalue weighted by molar-refractivity contribution is 5.73. The molecular weight excluding hydrogens is 134 g/mol. The van der Waals surface area contributed by atoms with Gasteiger partial charge in [0, 0.05) is 6.92 Å². The van der Waals surface area contributed by atoms with Crippen LogP contribution in [0.3, 0.4) is 0 Å². The van der Waals surface area contributed by atoms with E-state index in [4.69, 9.17) is 0 Å². The highest BCUT2D eigenvalue weighted by Gasteiger charge is 1.93. The molecule has 0 aliphatic heterocycles. The molecule has 1 radical (unpaired) electrons. The van der Waals surface area contributed by atoms with E-state index in [1.54, 1.807) is 6.92 Å². The maximum atomic E-state index is 10.5. The summed E-state index contributed by atoms with van der Waals surface area (Å²) in [5.41, 5.74) is 0. The maximum absolute atomic E-state index is 10.5. The molecule has 0 fully saturated rings. The predicted molar refractivity (Wildman–Crippen MR) is 34.2 cm³/mol. The fourth-order valence-corrected chi connectivity index (χ4v) is 0.344. The Balaban J connectivity index is 3.57. The number of nitrogens with one attached hydrogen (secondary N) is 1. The lowest BCUT2D eigenvalue weighted by molar-refractivity contribution is -0.118. The van der Waals surface area contributed by atoms with Gasteiger partial charge < -0.3 is 10.1 Å². The number of carbonyl (C=O) groups excluding carboxylic acids is 1. The Kier molecular flexibility index (Phi) is 4.11. The fraction of sp³-hybridized carbons (Fsp3) is 0.500. The SMILES string of the molecule is CCOC([O])=CNC(C)=O. The molecule has 10 heavy (non-hydrogen) atoms. The van der Waals surface area contributed by atoms with E-state index in [0.29, 0.717) is 6.61 Å². The van der Waals surface area contributed by atoms with Gasteiger partial charge in [0.15, 0.2) is 0 Å². The highest BCUT2D eigenvalue weighted by atomic mass is 16.6. The molecule has 1 N–H and O–H groups in total. The van der Waals surface area contributed by atoms with Crippen molar-refractivity contribution in [1.82, 2.24) is 5.32 Å². The van der Waals surface area contributed by atoms with E-state index in [0.717, 1.165) is 6.20 Å². The van der Waals surface area contributed by atoms with Crippen molar-refractivity contribution in [3.05, 3.63) is 12.1 Å². The summed E-state index contributed by atoms with van der Waals surface area (Å²) in [6.45, 7) is 3.32. The van der Waals surface area contributed by atoms with Crippen molar-refractivity contribution in [1.29, 1.82) is 0 Å². The summed E-state index contributed by atoms with van der Waals surface area (Å²) >= 11 is 0. The van der Waals surface area contributed by atoms with Gasteiger partial charge in [-0.15, -0.1) is 0 Å². The van der Waals surface area contributed by atoms with Crippen molar-refractivity contribution < 1.29 is 14.6 Å². The lowest BCUT2D eigenvalue weighted by atomic mass is 10.7. The van der Waals surface area contributed by atoms with Crippen LogP contribution in [0.5, 0.6) is 0 Å². The predicted octanol–water partition coefficient (Wildman–Crippen LogP) is 0.388. The van der Waals surface area contributed by atoms with Crippen LogP contribution in [0.25, 0.3) is 0 Å². The van der Waals surface area contributed by atoms with Gasteiger partial charge in [-0.25, -0.2) is 5.11 Å². The minimum Gasteiger partial charge on any atom is -0.462 e. The Hall–Kier alpha value is -1.19. The Morgan fingerprint density at radius 3 is 2.70 bits per heavy atom. The average molecular weight is 144 g/mol. The summed E-state index contributed by atoms with van der Waals surface area (Å²) in [5, 5.41) is 12.6. The van der Waals surface area contributed by atoms with Crippen molar-refractivity contribution in [2.75, 3.05) is 6.61 Å². The Labute approximate surface area is 59.5 Å². The van der Waals surface area contributed by atoms with Crippen LogP contribution in [0.4, 0.5) is 0 Å². The molecule has 0 aromatic heterocycles. The van der Waals surface area contributed by atoms with Crippen LogP contribution in [0.1, 0.15) is 13.8 Å². The second-order valence-corrected chi connectivity index (χ2v) is 1.60. The number of hydrogen-bond donors (Lipinski definition) is 1. The lowest BCUT2D eigenvalue weighted by Gasteiger charge is -1.96. The molecule has 4 heteroatoms. The second kappa shape index (κ2) is 4.67. The zero-order chi connectivity index (χ0) is 7.98. The van der Waals surface area contributed by atoms with Crippen molar-refractivity contribution >= 4 is 5.91 Å². The van der Waals surface area contributed by atoms with Crippen LogP contribution in [0.2, 0.25) is 0 Å². The van der Waals surface area contributed by atoms with Crippen LogP contribution < -0.4 is 5.32 Å². The molecule has 0 unspecified atom stereocenters. The van der Waals surface area contributed by atoms with Crippen LogP contribution >= 0.6 is 0 Å². The fourth-order valence-electron chi connectivity index (χ4n) is 0.344. The van der Waals surface area contributed by atoms with Crippen molar-refractivity contribution in [2.45, 2.75) is 13.8 Å². The second-order valence-electron chi connectivity index (χ2n) is 1.60. The largest absolute Gasteiger partial charge is 0.462 e. The summed E-state index contributed by atoms with van der Waals surface area (Å²) in [6.07, 6.45) is 0.992. The summed E-state index contributed by atoms with van der Waals surface area (Å²) in [7, 11) is 0. The number of hydrogen-bond acceptors (Lipinski definition) is 2.